The summed E-state index contributed by atoms with van der Waals surface area (Å²) in [6, 6.07) is 15.5. The number of hydrogen-bond acceptors (Lipinski definition) is 5. The molecule has 7 nitrogen and oxygen atoms in total. The van der Waals surface area contributed by atoms with Crippen molar-refractivity contribution in [2.75, 3.05) is 11.9 Å². The largest absolute Gasteiger partial charge is 0.347 e. The maximum atomic E-state index is 12.2. The summed E-state index contributed by atoms with van der Waals surface area (Å²) in [5.74, 6) is -0.639. The van der Waals surface area contributed by atoms with Gasteiger partial charge in [0.25, 0.3) is 0 Å². The smallest absolute Gasteiger partial charge is 0.313 e. The molecule has 0 fully saturated rings. The van der Waals surface area contributed by atoms with E-state index in [2.05, 4.69) is 20.7 Å². The van der Waals surface area contributed by atoms with Gasteiger partial charge in [-0.15, -0.1) is 16.4 Å². The van der Waals surface area contributed by atoms with E-state index in [0.717, 1.165) is 33.8 Å². The van der Waals surface area contributed by atoms with Gasteiger partial charge in [-0.3, -0.25) is 9.59 Å². The zero-order valence-electron chi connectivity index (χ0n) is 17.4. The normalized spacial score (nSPS) is 10.9. The zero-order valence-corrected chi connectivity index (χ0v) is 18.2. The molecule has 0 saturated carbocycles. The SMILES string of the molecule is CCc1ccccc1NC(=O)C(=O)NCCc1csc2nc(-c3ccccc3C)nn12. The van der Waals surface area contributed by atoms with Gasteiger partial charge in [0, 0.05) is 29.6 Å². The Morgan fingerprint density at radius 2 is 1.84 bits per heavy atom. The van der Waals surface area contributed by atoms with Gasteiger partial charge >= 0.3 is 11.8 Å². The first-order valence-corrected chi connectivity index (χ1v) is 11.0. The summed E-state index contributed by atoms with van der Waals surface area (Å²) in [7, 11) is 0. The van der Waals surface area contributed by atoms with Crippen LogP contribution in [0.4, 0.5) is 5.69 Å². The number of carbonyl (C=O) groups is 2. The van der Waals surface area contributed by atoms with E-state index in [-0.39, 0.29) is 0 Å². The molecule has 31 heavy (non-hydrogen) atoms. The fourth-order valence-electron chi connectivity index (χ4n) is 3.35. The Bertz CT molecular complexity index is 1240. The molecule has 2 aromatic heterocycles. The second-order valence-electron chi connectivity index (χ2n) is 7.14. The Labute approximate surface area is 184 Å². The van der Waals surface area contributed by atoms with Crippen LogP contribution in [-0.2, 0) is 22.4 Å². The van der Waals surface area contributed by atoms with Crippen molar-refractivity contribution in [1.82, 2.24) is 19.9 Å². The monoisotopic (exact) mass is 433 g/mol. The van der Waals surface area contributed by atoms with E-state index in [9.17, 15) is 9.59 Å². The summed E-state index contributed by atoms with van der Waals surface area (Å²) >= 11 is 1.50. The summed E-state index contributed by atoms with van der Waals surface area (Å²) in [5.41, 5.74) is 4.70. The highest BCUT2D eigenvalue weighted by Crippen LogP contribution is 2.23. The molecular weight excluding hydrogens is 410 g/mol. The standard InChI is InChI=1S/C23H23N5O2S/c1-3-16-9-5-7-11-19(16)25-22(30)21(29)24-13-12-17-14-31-23-26-20(27-28(17)23)18-10-6-4-8-15(18)2/h4-11,14H,3,12-13H2,1-2H3,(H,24,29)(H,25,30). The van der Waals surface area contributed by atoms with Crippen molar-refractivity contribution in [2.45, 2.75) is 26.7 Å². The minimum absolute atomic E-state index is 0.326. The van der Waals surface area contributed by atoms with Crippen molar-refractivity contribution in [3.63, 3.8) is 0 Å². The molecule has 8 heteroatoms. The number of aromatic nitrogens is 3. The van der Waals surface area contributed by atoms with Gasteiger partial charge in [0.05, 0.1) is 5.69 Å². The number of carbonyl (C=O) groups excluding carboxylic acids is 2. The van der Waals surface area contributed by atoms with Gasteiger partial charge in [0.2, 0.25) is 4.96 Å². The summed E-state index contributed by atoms with van der Waals surface area (Å²) in [6.45, 7) is 4.36. The van der Waals surface area contributed by atoms with Crippen LogP contribution in [0.2, 0.25) is 0 Å². The van der Waals surface area contributed by atoms with Gasteiger partial charge in [0.15, 0.2) is 5.82 Å². The summed E-state index contributed by atoms with van der Waals surface area (Å²) < 4.78 is 1.80. The Hall–Kier alpha value is -3.52. The average molecular weight is 434 g/mol. The fourth-order valence-corrected chi connectivity index (χ4v) is 4.20. The summed E-state index contributed by atoms with van der Waals surface area (Å²) in [5, 5.41) is 12.0. The molecule has 0 bridgehead atoms. The molecule has 2 heterocycles. The van der Waals surface area contributed by atoms with Crippen LogP contribution in [0, 0.1) is 6.92 Å². The van der Waals surface area contributed by atoms with E-state index >= 15 is 0 Å². The van der Waals surface area contributed by atoms with Crippen LogP contribution in [0.15, 0.2) is 53.9 Å². The van der Waals surface area contributed by atoms with Crippen LogP contribution < -0.4 is 10.6 Å². The first kappa shape index (κ1) is 20.7. The number of thiazole rings is 1. The van der Waals surface area contributed by atoms with Gasteiger partial charge < -0.3 is 10.6 Å². The lowest BCUT2D eigenvalue weighted by atomic mass is 10.1. The Balaban J connectivity index is 1.38. The molecule has 0 saturated heterocycles. The molecule has 2 N–H and O–H groups in total. The second kappa shape index (κ2) is 9.09. The van der Waals surface area contributed by atoms with E-state index in [1.807, 2.05) is 61.7 Å². The van der Waals surface area contributed by atoms with Crippen LogP contribution in [0.3, 0.4) is 0 Å². The van der Waals surface area contributed by atoms with E-state index in [4.69, 9.17) is 0 Å². The number of anilines is 1. The molecule has 0 spiro atoms. The number of aryl methyl sites for hydroxylation is 2. The Morgan fingerprint density at radius 3 is 2.65 bits per heavy atom. The second-order valence-corrected chi connectivity index (χ2v) is 7.98. The van der Waals surface area contributed by atoms with Gasteiger partial charge in [-0.1, -0.05) is 49.4 Å². The van der Waals surface area contributed by atoms with Crippen molar-refractivity contribution < 1.29 is 9.59 Å². The van der Waals surface area contributed by atoms with Crippen molar-refractivity contribution in [3.8, 4) is 11.4 Å². The molecule has 0 radical (unpaired) electrons. The predicted octanol–water partition coefficient (Wildman–Crippen LogP) is 3.63. The third-order valence-corrected chi connectivity index (χ3v) is 5.92. The molecule has 158 valence electrons. The maximum Gasteiger partial charge on any atom is 0.313 e. The lowest BCUT2D eigenvalue weighted by Gasteiger charge is -2.09. The number of amides is 2. The Kier molecular flexibility index (Phi) is 6.08. The molecule has 0 aliphatic carbocycles. The van der Waals surface area contributed by atoms with E-state index in [0.29, 0.717) is 24.5 Å². The third kappa shape index (κ3) is 4.49. The van der Waals surface area contributed by atoms with Gasteiger partial charge in [-0.25, -0.2) is 4.52 Å². The number of rotatable bonds is 6. The molecule has 0 unspecified atom stereocenters. The molecule has 0 atom stereocenters. The fraction of sp³-hybridized carbons (Fsp3) is 0.217. The minimum atomic E-state index is -0.668. The van der Waals surface area contributed by atoms with E-state index in [1.165, 1.54) is 11.3 Å². The number of hydrogen-bond donors (Lipinski definition) is 2. The lowest BCUT2D eigenvalue weighted by molar-refractivity contribution is -0.136. The molecule has 4 rings (SSSR count). The molecule has 4 aromatic rings. The van der Waals surface area contributed by atoms with Crippen LogP contribution in [0.25, 0.3) is 16.3 Å². The highest BCUT2D eigenvalue weighted by molar-refractivity contribution is 7.15. The highest BCUT2D eigenvalue weighted by Gasteiger charge is 2.16. The van der Waals surface area contributed by atoms with Crippen LogP contribution in [-0.4, -0.2) is 33.0 Å². The zero-order chi connectivity index (χ0) is 21.8. The lowest BCUT2D eigenvalue weighted by Crippen LogP contribution is -2.36. The predicted molar refractivity (Wildman–Crippen MR) is 122 cm³/mol. The third-order valence-electron chi connectivity index (χ3n) is 5.06. The van der Waals surface area contributed by atoms with Crippen LogP contribution >= 0.6 is 11.3 Å². The minimum Gasteiger partial charge on any atom is -0.347 e. The first-order chi connectivity index (χ1) is 15.1. The van der Waals surface area contributed by atoms with Crippen LogP contribution in [0.1, 0.15) is 23.7 Å². The number of benzene rings is 2. The number of fused-ring (bicyclic) bond motifs is 1. The van der Waals surface area contributed by atoms with Crippen molar-refractivity contribution in [2.24, 2.45) is 0 Å². The molecular formula is C23H23N5O2S. The van der Waals surface area contributed by atoms with Crippen molar-refractivity contribution in [3.05, 3.63) is 70.7 Å². The molecule has 2 amide bonds. The maximum absolute atomic E-state index is 12.2. The average Bonchev–Trinajstić information content (AvgIpc) is 3.36. The summed E-state index contributed by atoms with van der Waals surface area (Å²) in [6.07, 6.45) is 1.32. The number of para-hydroxylation sites is 1. The van der Waals surface area contributed by atoms with Crippen molar-refractivity contribution >= 4 is 33.8 Å². The van der Waals surface area contributed by atoms with Crippen LogP contribution in [0.5, 0.6) is 0 Å². The van der Waals surface area contributed by atoms with Gasteiger partial charge in [-0.05, 0) is 30.5 Å². The number of nitrogens with one attached hydrogen (secondary N) is 2. The summed E-state index contributed by atoms with van der Waals surface area (Å²) in [4.78, 5) is 29.9. The quantitative estimate of drug-likeness (QED) is 0.455. The first-order valence-electron chi connectivity index (χ1n) is 10.1. The van der Waals surface area contributed by atoms with Gasteiger partial charge in [-0.2, -0.15) is 4.98 Å². The molecule has 2 aromatic carbocycles. The van der Waals surface area contributed by atoms with Gasteiger partial charge in [0.1, 0.15) is 0 Å². The number of nitrogens with zero attached hydrogens (tertiary/aromatic N) is 3. The van der Waals surface area contributed by atoms with E-state index in [1.54, 1.807) is 10.6 Å². The highest BCUT2D eigenvalue weighted by atomic mass is 32.1. The van der Waals surface area contributed by atoms with E-state index < -0.39 is 11.8 Å². The molecule has 0 aliphatic rings. The Morgan fingerprint density at radius 1 is 1.06 bits per heavy atom. The molecule has 0 aliphatic heterocycles. The topological polar surface area (TPSA) is 88.4 Å². The van der Waals surface area contributed by atoms with Crippen molar-refractivity contribution in [1.29, 1.82) is 0 Å².